The van der Waals surface area contributed by atoms with Crippen LogP contribution in [0.1, 0.15) is 18.7 Å². The summed E-state index contributed by atoms with van der Waals surface area (Å²) in [5.74, 6) is 0.204. The predicted octanol–water partition coefficient (Wildman–Crippen LogP) is 1.29. The van der Waals surface area contributed by atoms with E-state index in [1.807, 2.05) is 0 Å². The number of anilines is 1. The molecule has 0 saturated carbocycles. The normalized spacial score (nSPS) is 15.4. The van der Waals surface area contributed by atoms with E-state index in [2.05, 4.69) is 20.4 Å². The molecular weight excluding hydrogens is 366 g/mol. The summed E-state index contributed by atoms with van der Waals surface area (Å²) in [7, 11) is -3.47. The van der Waals surface area contributed by atoms with E-state index < -0.39 is 10.0 Å². The summed E-state index contributed by atoms with van der Waals surface area (Å²) < 4.78 is 31.1. The molecule has 25 heavy (non-hydrogen) atoms. The summed E-state index contributed by atoms with van der Waals surface area (Å²) >= 11 is 1.18. The number of aryl methyl sites for hydroxylation is 1. The SMILES string of the molecule is Cc1noc(NC(=O)CSc2ccc(S(=O)(=O)N3CCCC3)cn2)n1. The largest absolute Gasteiger partial charge is 0.328 e. The van der Waals surface area contributed by atoms with Crippen LogP contribution in [0.4, 0.5) is 6.01 Å². The van der Waals surface area contributed by atoms with E-state index in [9.17, 15) is 13.2 Å². The topological polar surface area (TPSA) is 118 Å². The molecule has 1 N–H and O–H groups in total. The molecule has 1 fully saturated rings. The molecule has 1 aliphatic heterocycles. The summed E-state index contributed by atoms with van der Waals surface area (Å²) in [5, 5.41) is 6.60. The number of thioether (sulfide) groups is 1. The molecule has 3 heterocycles. The molecular formula is C14H17N5O4S2. The van der Waals surface area contributed by atoms with Crippen LogP contribution in [0.2, 0.25) is 0 Å². The van der Waals surface area contributed by atoms with E-state index in [4.69, 9.17) is 4.52 Å². The van der Waals surface area contributed by atoms with Gasteiger partial charge in [0.2, 0.25) is 15.9 Å². The van der Waals surface area contributed by atoms with E-state index >= 15 is 0 Å². The number of amides is 1. The summed E-state index contributed by atoms with van der Waals surface area (Å²) in [5.41, 5.74) is 0. The maximum atomic E-state index is 12.4. The highest BCUT2D eigenvalue weighted by molar-refractivity contribution is 7.99. The van der Waals surface area contributed by atoms with Gasteiger partial charge in [-0.1, -0.05) is 16.9 Å². The highest BCUT2D eigenvalue weighted by Gasteiger charge is 2.27. The maximum absolute atomic E-state index is 12.4. The molecule has 3 rings (SSSR count). The van der Waals surface area contributed by atoms with Gasteiger partial charge in [-0.2, -0.15) is 9.29 Å². The maximum Gasteiger partial charge on any atom is 0.328 e. The zero-order valence-electron chi connectivity index (χ0n) is 13.5. The van der Waals surface area contributed by atoms with Crippen LogP contribution in [0, 0.1) is 6.92 Å². The number of sulfonamides is 1. The zero-order valence-corrected chi connectivity index (χ0v) is 15.1. The molecule has 134 valence electrons. The number of pyridine rings is 1. The molecule has 1 aliphatic rings. The van der Waals surface area contributed by atoms with Crippen molar-refractivity contribution in [3.05, 3.63) is 24.2 Å². The lowest BCUT2D eigenvalue weighted by Gasteiger charge is -2.15. The van der Waals surface area contributed by atoms with Crippen LogP contribution in [-0.4, -0.2) is 52.6 Å². The first-order chi connectivity index (χ1) is 11.9. The monoisotopic (exact) mass is 383 g/mol. The van der Waals surface area contributed by atoms with Crippen LogP contribution < -0.4 is 5.32 Å². The van der Waals surface area contributed by atoms with Crippen molar-refractivity contribution in [2.45, 2.75) is 29.7 Å². The van der Waals surface area contributed by atoms with Gasteiger partial charge in [0.15, 0.2) is 5.82 Å². The predicted molar refractivity (Wildman–Crippen MR) is 90.6 cm³/mol. The van der Waals surface area contributed by atoms with Crippen molar-refractivity contribution in [3.8, 4) is 0 Å². The van der Waals surface area contributed by atoms with Crippen LogP contribution in [0.5, 0.6) is 0 Å². The summed E-state index contributed by atoms with van der Waals surface area (Å²) in [6, 6.07) is 3.16. The minimum atomic E-state index is -3.47. The molecule has 11 heteroatoms. The van der Waals surface area contributed by atoms with Gasteiger partial charge in [-0.15, -0.1) is 0 Å². The van der Waals surface area contributed by atoms with Crippen molar-refractivity contribution in [3.63, 3.8) is 0 Å². The summed E-state index contributed by atoms with van der Waals surface area (Å²) in [4.78, 5) is 20.0. The Kier molecular flexibility index (Phi) is 5.35. The first-order valence-corrected chi connectivity index (χ1v) is 10.1. The van der Waals surface area contributed by atoms with E-state index in [-0.39, 0.29) is 22.6 Å². The highest BCUT2D eigenvalue weighted by atomic mass is 32.2. The zero-order chi connectivity index (χ0) is 17.9. The molecule has 0 unspecified atom stereocenters. The Morgan fingerprint density at radius 2 is 2.12 bits per heavy atom. The lowest BCUT2D eigenvalue weighted by Crippen LogP contribution is -2.27. The van der Waals surface area contributed by atoms with E-state index in [1.165, 1.54) is 28.3 Å². The Hall–Kier alpha value is -1.98. The summed E-state index contributed by atoms with van der Waals surface area (Å²) in [6.45, 7) is 2.75. The number of aromatic nitrogens is 3. The number of nitrogens with zero attached hydrogens (tertiary/aromatic N) is 4. The van der Waals surface area contributed by atoms with E-state index in [0.717, 1.165) is 12.8 Å². The van der Waals surface area contributed by atoms with Crippen LogP contribution >= 0.6 is 11.8 Å². The van der Waals surface area contributed by atoms with Crippen molar-refractivity contribution < 1.29 is 17.7 Å². The molecule has 9 nitrogen and oxygen atoms in total. The molecule has 0 radical (unpaired) electrons. The highest BCUT2D eigenvalue weighted by Crippen LogP contribution is 2.22. The first kappa shape index (κ1) is 17.8. The van der Waals surface area contributed by atoms with Gasteiger partial charge in [-0.25, -0.2) is 13.4 Å². The minimum absolute atomic E-state index is 0.0445. The molecule has 0 bridgehead atoms. The third-order valence-electron chi connectivity index (χ3n) is 3.54. The van der Waals surface area contributed by atoms with Gasteiger partial charge in [-0.05, 0) is 31.9 Å². The number of carbonyl (C=O) groups is 1. The van der Waals surface area contributed by atoms with Gasteiger partial charge in [0.05, 0.1) is 10.8 Å². The molecule has 0 aliphatic carbocycles. The van der Waals surface area contributed by atoms with Gasteiger partial charge in [0.25, 0.3) is 0 Å². The van der Waals surface area contributed by atoms with Gasteiger partial charge >= 0.3 is 6.01 Å². The molecule has 0 spiro atoms. The average Bonchev–Trinajstić information content (AvgIpc) is 3.26. The number of rotatable bonds is 6. The lowest BCUT2D eigenvalue weighted by atomic mass is 10.4. The van der Waals surface area contributed by atoms with Crippen molar-refractivity contribution in [2.75, 3.05) is 24.2 Å². The number of nitrogens with one attached hydrogen (secondary N) is 1. The van der Waals surface area contributed by atoms with Gasteiger partial charge in [-0.3, -0.25) is 10.1 Å². The fraction of sp³-hybridized carbons (Fsp3) is 0.429. The quantitative estimate of drug-likeness (QED) is 0.741. The Labute approximate surface area is 149 Å². The van der Waals surface area contributed by atoms with Crippen molar-refractivity contribution in [1.82, 2.24) is 19.4 Å². The Bertz CT molecular complexity index is 844. The Morgan fingerprint density at radius 1 is 1.36 bits per heavy atom. The molecule has 2 aromatic heterocycles. The number of carbonyl (C=O) groups excluding carboxylic acids is 1. The average molecular weight is 383 g/mol. The van der Waals surface area contributed by atoms with Crippen molar-refractivity contribution in [2.24, 2.45) is 0 Å². The van der Waals surface area contributed by atoms with Crippen molar-refractivity contribution in [1.29, 1.82) is 0 Å². The van der Waals surface area contributed by atoms with E-state index in [0.29, 0.717) is 23.9 Å². The van der Waals surface area contributed by atoms with Crippen LogP contribution in [0.3, 0.4) is 0 Å². The second-order valence-electron chi connectivity index (χ2n) is 5.43. The molecule has 0 aromatic carbocycles. The van der Waals surface area contributed by atoms with Gasteiger partial charge in [0.1, 0.15) is 4.90 Å². The summed E-state index contributed by atoms with van der Waals surface area (Å²) in [6.07, 6.45) is 3.10. The molecule has 1 saturated heterocycles. The fourth-order valence-electron chi connectivity index (χ4n) is 2.32. The molecule has 1 amide bonds. The van der Waals surface area contributed by atoms with Gasteiger partial charge < -0.3 is 4.52 Å². The van der Waals surface area contributed by atoms with E-state index in [1.54, 1.807) is 13.0 Å². The Morgan fingerprint density at radius 3 is 2.72 bits per heavy atom. The second-order valence-corrected chi connectivity index (χ2v) is 8.36. The van der Waals surface area contributed by atoms with Crippen LogP contribution in [0.25, 0.3) is 0 Å². The lowest BCUT2D eigenvalue weighted by molar-refractivity contribution is -0.114. The second kappa shape index (κ2) is 7.50. The fourth-order valence-corrected chi connectivity index (χ4v) is 4.43. The van der Waals surface area contributed by atoms with Gasteiger partial charge in [0, 0.05) is 19.3 Å². The molecule has 2 aromatic rings. The Balaban J connectivity index is 1.56. The third-order valence-corrected chi connectivity index (χ3v) is 6.36. The number of hydrogen-bond donors (Lipinski definition) is 1. The standard InChI is InChI=1S/C14H17N5O4S2/c1-10-16-14(23-18-10)17-12(20)9-24-13-5-4-11(8-15-13)25(21,22)19-6-2-3-7-19/h4-5,8H,2-3,6-7,9H2,1H3,(H,16,17,18,20). The van der Waals surface area contributed by atoms with Crippen molar-refractivity contribution >= 4 is 33.7 Å². The first-order valence-electron chi connectivity index (χ1n) is 7.64. The van der Waals surface area contributed by atoms with Crippen LogP contribution in [0.15, 0.2) is 32.8 Å². The third kappa shape index (κ3) is 4.35. The minimum Gasteiger partial charge on any atom is -0.315 e. The van der Waals surface area contributed by atoms with Crippen LogP contribution in [-0.2, 0) is 14.8 Å². The number of hydrogen-bond acceptors (Lipinski definition) is 8. The smallest absolute Gasteiger partial charge is 0.315 e. The molecule has 0 atom stereocenters.